The van der Waals surface area contributed by atoms with Gasteiger partial charge >= 0.3 is 0 Å². The van der Waals surface area contributed by atoms with Crippen molar-refractivity contribution in [2.45, 2.75) is 19.6 Å². The van der Waals surface area contributed by atoms with Crippen LogP contribution in [-0.2, 0) is 6.54 Å². The summed E-state index contributed by atoms with van der Waals surface area (Å²) >= 11 is 1.69. The predicted octanol–water partition coefficient (Wildman–Crippen LogP) is 3.99. The van der Waals surface area contributed by atoms with Crippen LogP contribution < -0.4 is 4.74 Å². The third-order valence-electron chi connectivity index (χ3n) is 4.02. The third-order valence-corrected chi connectivity index (χ3v) is 4.92. The van der Waals surface area contributed by atoms with Crippen molar-refractivity contribution in [2.24, 2.45) is 0 Å². The Morgan fingerprint density at radius 1 is 1.08 bits per heavy atom. The molecule has 0 bridgehead atoms. The number of aliphatic hydroxyl groups excluding tert-OH is 1. The molecule has 0 saturated carbocycles. The van der Waals surface area contributed by atoms with E-state index >= 15 is 0 Å². The van der Waals surface area contributed by atoms with Gasteiger partial charge in [-0.3, -0.25) is 4.90 Å². The molecule has 1 aromatic heterocycles. The molecule has 0 unspecified atom stereocenters. The molecule has 0 saturated heterocycles. The monoisotopic (exact) mass is 368 g/mol. The largest absolute Gasteiger partial charge is 0.491 e. The average Bonchev–Trinajstić information content (AvgIpc) is 3.05. The van der Waals surface area contributed by atoms with Crippen molar-refractivity contribution < 1.29 is 9.84 Å². The summed E-state index contributed by atoms with van der Waals surface area (Å²) < 4.78 is 5.73. The number of rotatable bonds is 8. The van der Waals surface area contributed by atoms with Gasteiger partial charge in [0, 0.05) is 24.2 Å². The zero-order valence-electron chi connectivity index (χ0n) is 15.1. The van der Waals surface area contributed by atoms with Crippen LogP contribution in [0.2, 0.25) is 0 Å². The van der Waals surface area contributed by atoms with E-state index in [1.54, 1.807) is 11.3 Å². The van der Waals surface area contributed by atoms with Crippen molar-refractivity contribution >= 4 is 11.3 Å². The van der Waals surface area contributed by atoms with Gasteiger partial charge in [0.1, 0.15) is 18.5 Å². The average molecular weight is 369 g/mol. The molecule has 2 aromatic carbocycles. The molecular weight excluding hydrogens is 344 g/mol. The molecule has 0 radical (unpaired) electrons. The molecule has 1 heterocycles. The summed E-state index contributed by atoms with van der Waals surface area (Å²) in [6.45, 7) is 3.62. The van der Waals surface area contributed by atoms with E-state index in [4.69, 9.17) is 4.74 Å². The molecule has 0 fully saturated rings. The van der Waals surface area contributed by atoms with Gasteiger partial charge < -0.3 is 9.84 Å². The number of likely N-dealkylation sites (N-methyl/N-ethyl adjacent to an activating group) is 1. The topological polar surface area (TPSA) is 45.6 Å². The van der Waals surface area contributed by atoms with Crippen LogP contribution in [0.15, 0.2) is 60.8 Å². The number of aliphatic hydroxyl groups is 1. The molecule has 3 rings (SSSR count). The Labute approximate surface area is 158 Å². The van der Waals surface area contributed by atoms with Gasteiger partial charge in [-0.1, -0.05) is 42.5 Å². The third kappa shape index (κ3) is 5.39. The van der Waals surface area contributed by atoms with E-state index in [1.807, 2.05) is 62.6 Å². The molecule has 1 N–H and O–H groups in total. The van der Waals surface area contributed by atoms with Gasteiger partial charge in [-0.25, -0.2) is 4.98 Å². The molecule has 4 nitrogen and oxygen atoms in total. The lowest BCUT2D eigenvalue weighted by atomic mass is 10.1. The molecule has 0 amide bonds. The van der Waals surface area contributed by atoms with Crippen LogP contribution in [0.4, 0.5) is 0 Å². The van der Waals surface area contributed by atoms with E-state index < -0.39 is 6.10 Å². The standard InChI is InChI=1S/C21H24N2O2S/c1-16-22-12-21(26-16)14-23(2)13-19(24)15-25-20-10-8-18(9-11-20)17-6-4-3-5-7-17/h3-12,19,24H,13-15H2,1-2H3/t19-/m0/s1. The first-order chi connectivity index (χ1) is 12.6. The number of hydrogen-bond acceptors (Lipinski definition) is 5. The first-order valence-corrected chi connectivity index (χ1v) is 9.48. The molecule has 1 atom stereocenters. The fraction of sp³-hybridized carbons (Fsp3) is 0.286. The zero-order valence-corrected chi connectivity index (χ0v) is 15.9. The van der Waals surface area contributed by atoms with Crippen molar-refractivity contribution in [3.05, 3.63) is 70.7 Å². The Balaban J connectivity index is 1.46. The fourth-order valence-corrected chi connectivity index (χ4v) is 3.66. The number of nitrogens with zero attached hydrogens (tertiary/aromatic N) is 2. The molecule has 26 heavy (non-hydrogen) atoms. The van der Waals surface area contributed by atoms with Crippen LogP contribution in [0, 0.1) is 6.92 Å². The number of hydrogen-bond donors (Lipinski definition) is 1. The highest BCUT2D eigenvalue weighted by molar-refractivity contribution is 7.11. The fourth-order valence-electron chi connectivity index (χ4n) is 2.79. The minimum Gasteiger partial charge on any atom is -0.491 e. The highest BCUT2D eigenvalue weighted by atomic mass is 32.1. The maximum absolute atomic E-state index is 10.2. The summed E-state index contributed by atoms with van der Waals surface area (Å²) in [5.74, 6) is 0.768. The highest BCUT2D eigenvalue weighted by Gasteiger charge is 2.11. The maximum atomic E-state index is 10.2. The quantitative estimate of drug-likeness (QED) is 0.653. The minimum absolute atomic E-state index is 0.275. The van der Waals surface area contributed by atoms with Gasteiger partial charge in [-0.15, -0.1) is 11.3 Å². The molecule has 136 valence electrons. The van der Waals surface area contributed by atoms with Crippen molar-refractivity contribution in [2.75, 3.05) is 20.2 Å². The number of ether oxygens (including phenoxy) is 1. The second kappa shape index (κ2) is 8.94. The van der Waals surface area contributed by atoms with Crippen molar-refractivity contribution in [1.82, 2.24) is 9.88 Å². The molecule has 0 aliphatic carbocycles. The second-order valence-corrected chi connectivity index (χ2v) is 7.72. The van der Waals surface area contributed by atoms with Gasteiger partial charge in [0.25, 0.3) is 0 Å². The van der Waals surface area contributed by atoms with E-state index in [0.29, 0.717) is 6.54 Å². The summed E-state index contributed by atoms with van der Waals surface area (Å²) in [6, 6.07) is 18.2. The Morgan fingerprint density at radius 2 is 1.77 bits per heavy atom. The Morgan fingerprint density at radius 3 is 2.42 bits per heavy atom. The minimum atomic E-state index is -0.539. The SMILES string of the molecule is Cc1ncc(CN(C)C[C@H](O)COc2ccc(-c3ccccc3)cc2)s1. The van der Waals surface area contributed by atoms with E-state index in [-0.39, 0.29) is 6.61 Å². The molecular formula is C21H24N2O2S. The summed E-state index contributed by atoms with van der Waals surface area (Å²) in [5, 5.41) is 11.3. The summed E-state index contributed by atoms with van der Waals surface area (Å²) in [4.78, 5) is 7.54. The molecule has 0 aliphatic heterocycles. The summed E-state index contributed by atoms with van der Waals surface area (Å²) in [7, 11) is 1.99. The van der Waals surface area contributed by atoms with Crippen LogP contribution in [-0.4, -0.2) is 41.3 Å². The highest BCUT2D eigenvalue weighted by Crippen LogP contribution is 2.22. The number of aromatic nitrogens is 1. The van der Waals surface area contributed by atoms with Gasteiger partial charge in [0.15, 0.2) is 0 Å². The van der Waals surface area contributed by atoms with E-state index in [9.17, 15) is 5.11 Å². The Hall–Kier alpha value is -2.21. The van der Waals surface area contributed by atoms with Crippen LogP contribution in [0.25, 0.3) is 11.1 Å². The van der Waals surface area contributed by atoms with Crippen molar-refractivity contribution in [1.29, 1.82) is 0 Å². The molecule has 0 spiro atoms. The van der Waals surface area contributed by atoms with E-state index in [1.165, 1.54) is 10.4 Å². The maximum Gasteiger partial charge on any atom is 0.119 e. The number of thiazole rings is 1. The van der Waals surface area contributed by atoms with Crippen LogP contribution >= 0.6 is 11.3 Å². The summed E-state index contributed by atoms with van der Waals surface area (Å²) in [5.41, 5.74) is 2.33. The Kier molecular flexibility index (Phi) is 6.39. The van der Waals surface area contributed by atoms with Crippen LogP contribution in [0.1, 0.15) is 9.88 Å². The number of benzene rings is 2. The van der Waals surface area contributed by atoms with Gasteiger partial charge in [0.05, 0.1) is 5.01 Å². The summed E-state index contributed by atoms with van der Waals surface area (Å²) in [6.07, 6.45) is 1.36. The van der Waals surface area contributed by atoms with Crippen LogP contribution in [0.3, 0.4) is 0 Å². The first-order valence-electron chi connectivity index (χ1n) is 8.66. The normalized spacial score (nSPS) is 12.3. The lowest BCUT2D eigenvalue weighted by molar-refractivity contribution is 0.0746. The molecule has 3 aromatic rings. The first kappa shape index (κ1) is 18.6. The molecule has 0 aliphatic rings. The van der Waals surface area contributed by atoms with Crippen LogP contribution in [0.5, 0.6) is 5.75 Å². The zero-order chi connectivity index (χ0) is 18.4. The van der Waals surface area contributed by atoms with Gasteiger partial charge in [-0.05, 0) is 37.2 Å². The van der Waals surface area contributed by atoms with Gasteiger partial charge in [0.2, 0.25) is 0 Å². The van der Waals surface area contributed by atoms with Crippen molar-refractivity contribution in [3.8, 4) is 16.9 Å². The lowest BCUT2D eigenvalue weighted by Gasteiger charge is -2.20. The smallest absolute Gasteiger partial charge is 0.119 e. The molecule has 5 heteroatoms. The lowest BCUT2D eigenvalue weighted by Crippen LogP contribution is -2.32. The Bertz CT molecular complexity index is 802. The number of aryl methyl sites for hydroxylation is 1. The van der Waals surface area contributed by atoms with E-state index in [0.717, 1.165) is 22.9 Å². The van der Waals surface area contributed by atoms with Crippen molar-refractivity contribution in [3.63, 3.8) is 0 Å². The predicted molar refractivity (Wildman–Crippen MR) is 107 cm³/mol. The van der Waals surface area contributed by atoms with Gasteiger partial charge in [-0.2, -0.15) is 0 Å². The van der Waals surface area contributed by atoms with E-state index in [2.05, 4.69) is 22.0 Å². The second-order valence-electron chi connectivity index (χ2n) is 6.40.